The molecular weight excluding hydrogens is 454 g/mol. The van der Waals surface area contributed by atoms with Gasteiger partial charge in [0, 0.05) is 23.7 Å². The Morgan fingerprint density at radius 2 is 1.70 bits per heavy atom. The van der Waals surface area contributed by atoms with Crippen LogP contribution in [0, 0.1) is 11.6 Å². The first-order valence-corrected chi connectivity index (χ1v) is 11.5. The zero-order valence-corrected chi connectivity index (χ0v) is 19.3. The van der Waals surface area contributed by atoms with Crippen molar-refractivity contribution in [3.63, 3.8) is 0 Å². The number of rotatable bonds is 13. The second kappa shape index (κ2) is 12.9. The lowest BCUT2D eigenvalue weighted by Crippen LogP contribution is -2.44. The Morgan fingerprint density at radius 3 is 2.30 bits per heavy atom. The highest BCUT2D eigenvalue weighted by Crippen LogP contribution is 2.19. The molecule has 2 unspecified atom stereocenters. The highest BCUT2D eigenvalue weighted by molar-refractivity contribution is 7.15. The minimum Gasteiger partial charge on any atom is -0.480 e. The second-order valence-electron chi connectivity index (χ2n) is 7.54. The standard InChI is InChI=1S/C22H28F2N4O4S/c1-3-5-17(27-19(29)9-13-7-14(23)10-15(24)8-13)20(30)28-22-26-12-16(33-22)11-25-18(6-4-2)21(31)32/h7-8,10,12,17-18,25H,3-6,9,11H2,1-2H3,(H,27,29)(H,31,32)(H,26,28,30). The molecular formula is C22H28F2N4O4S. The van der Waals surface area contributed by atoms with E-state index in [0.29, 0.717) is 30.9 Å². The predicted octanol–water partition coefficient (Wildman–Crippen LogP) is 3.23. The molecule has 1 heterocycles. The van der Waals surface area contributed by atoms with Gasteiger partial charge >= 0.3 is 5.97 Å². The average Bonchev–Trinajstić information content (AvgIpc) is 3.16. The molecule has 2 atom stereocenters. The summed E-state index contributed by atoms with van der Waals surface area (Å²) in [6.07, 6.45) is 3.49. The van der Waals surface area contributed by atoms with Gasteiger partial charge in [0.15, 0.2) is 5.13 Å². The van der Waals surface area contributed by atoms with Gasteiger partial charge in [0.25, 0.3) is 0 Å². The molecule has 2 aromatic rings. The molecule has 11 heteroatoms. The molecule has 0 spiro atoms. The molecule has 0 saturated carbocycles. The molecule has 180 valence electrons. The molecule has 2 rings (SSSR count). The molecule has 1 aromatic heterocycles. The summed E-state index contributed by atoms with van der Waals surface area (Å²) in [5, 5.41) is 17.7. The zero-order chi connectivity index (χ0) is 24.4. The highest BCUT2D eigenvalue weighted by Gasteiger charge is 2.22. The number of nitrogens with one attached hydrogen (secondary N) is 3. The molecule has 2 amide bonds. The lowest BCUT2D eigenvalue weighted by Gasteiger charge is -2.17. The highest BCUT2D eigenvalue weighted by atomic mass is 32.1. The van der Waals surface area contributed by atoms with Crippen LogP contribution in [-0.2, 0) is 27.3 Å². The van der Waals surface area contributed by atoms with Gasteiger partial charge in [-0.1, -0.05) is 26.7 Å². The van der Waals surface area contributed by atoms with E-state index in [2.05, 4.69) is 20.9 Å². The van der Waals surface area contributed by atoms with Crippen LogP contribution in [0.25, 0.3) is 0 Å². The maximum Gasteiger partial charge on any atom is 0.320 e. The number of hydrogen-bond donors (Lipinski definition) is 4. The number of nitrogens with zero attached hydrogens (tertiary/aromatic N) is 1. The minimum absolute atomic E-state index is 0.167. The average molecular weight is 483 g/mol. The van der Waals surface area contributed by atoms with E-state index in [9.17, 15) is 28.3 Å². The second-order valence-corrected chi connectivity index (χ2v) is 8.66. The van der Waals surface area contributed by atoms with Crippen LogP contribution in [0.2, 0.25) is 0 Å². The van der Waals surface area contributed by atoms with Crippen molar-refractivity contribution in [1.82, 2.24) is 15.6 Å². The van der Waals surface area contributed by atoms with Crippen molar-refractivity contribution in [3.8, 4) is 0 Å². The van der Waals surface area contributed by atoms with E-state index in [0.717, 1.165) is 29.5 Å². The normalized spacial score (nSPS) is 12.7. The fourth-order valence-corrected chi connectivity index (χ4v) is 3.93. The number of hydrogen-bond acceptors (Lipinski definition) is 6. The summed E-state index contributed by atoms with van der Waals surface area (Å²) in [6, 6.07) is 1.35. The summed E-state index contributed by atoms with van der Waals surface area (Å²) in [5.74, 6) is -3.47. The summed E-state index contributed by atoms with van der Waals surface area (Å²) in [4.78, 5) is 41.1. The van der Waals surface area contributed by atoms with E-state index < -0.39 is 41.5 Å². The van der Waals surface area contributed by atoms with Crippen LogP contribution in [-0.4, -0.2) is 40.0 Å². The van der Waals surface area contributed by atoms with E-state index >= 15 is 0 Å². The number of halogens is 2. The first kappa shape index (κ1) is 26.3. The maximum atomic E-state index is 13.3. The SMILES string of the molecule is CCCC(NCc1cnc(NC(=O)C(CCC)NC(=O)Cc2cc(F)cc(F)c2)s1)C(=O)O. The van der Waals surface area contributed by atoms with Crippen LogP contribution < -0.4 is 16.0 Å². The fraction of sp³-hybridized carbons (Fsp3) is 0.455. The number of anilines is 1. The molecule has 0 radical (unpaired) electrons. The van der Waals surface area contributed by atoms with Crippen LogP contribution in [0.1, 0.15) is 50.0 Å². The molecule has 8 nitrogen and oxygen atoms in total. The summed E-state index contributed by atoms with van der Waals surface area (Å²) < 4.78 is 26.7. The molecule has 0 aliphatic heterocycles. The third kappa shape index (κ3) is 8.85. The zero-order valence-electron chi connectivity index (χ0n) is 18.5. The Morgan fingerprint density at radius 1 is 1.06 bits per heavy atom. The van der Waals surface area contributed by atoms with Gasteiger partial charge in [-0.05, 0) is 30.5 Å². The Bertz CT molecular complexity index is 949. The molecule has 0 aliphatic rings. The number of carboxylic acid groups (broad SMARTS) is 1. The molecule has 1 aromatic carbocycles. The first-order valence-electron chi connectivity index (χ1n) is 10.7. The fourth-order valence-electron chi connectivity index (χ4n) is 3.17. The number of thiazole rings is 1. The number of benzene rings is 1. The number of aliphatic carboxylic acids is 1. The van der Waals surface area contributed by atoms with Gasteiger partial charge in [0.1, 0.15) is 23.7 Å². The molecule has 4 N–H and O–H groups in total. The van der Waals surface area contributed by atoms with Gasteiger partial charge in [-0.3, -0.25) is 19.7 Å². The lowest BCUT2D eigenvalue weighted by atomic mass is 10.1. The third-order valence-electron chi connectivity index (χ3n) is 4.70. The first-order chi connectivity index (χ1) is 15.7. The quantitative estimate of drug-likeness (QED) is 0.348. The summed E-state index contributed by atoms with van der Waals surface area (Å²) >= 11 is 1.20. The van der Waals surface area contributed by atoms with Crippen LogP contribution in [0.15, 0.2) is 24.4 Å². The molecule has 0 saturated heterocycles. The summed E-state index contributed by atoms with van der Waals surface area (Å²) in [7, 11) is 0. The van der Waals surface area contributed by atoms with Crippen LogP contribution >= 0.6 is 11.3 Å². The number of carbonyl (C=O) groups excluding carboxylic acids is 2. The van der Waals surface area contributed by atoms with Crippen molar-refractivity contribution in [3.05, 3.63) is 46.5 Å². The Hall–Kier alpha value is -2.92. The van der Waals surface area contributed by atoms with Gasteiger partial charge in [-0.25, -0.2) is 13.8 Å². The van der Waals surface area contributed by atoms with Crippen LogP contribution in [0.3, 0.4) is 0 Å². The van der Waals surface area contributed by atoms with E-state index in [-0.39, 0.29) is 12.0 Å². The summed E-state index contributed by atoms with van der Waals surface area (Å²) in [6.45, 7) is 4.06. The number of aromatic nitrogens is 1. The van der Waals surface area contributed by atoms with Crippen LogP contribution in [0.5, 0.6) is 0 Å². The van der Waals surface area contributed by atoms with Crippen LogP contribution in [0.4, 0.5) is 13.9 Å². The number of carboxylic acids is 1. The van der Waals surface area contributed by atoms with E-state index in [1.807, 2.05) is 13.8 Å². The van der Waals surface area contributed by atoms with E-state index in [4.69, 9.17) is 0 Å². The van der Waals surface area contributed by atoms with Gasteiger partial charge in [0.05, 0.1) is 6.42 Å². The monoisotopic (exact) mass is 482 g/mol. The van der Waals surface area contributed by atoms with Crippen molar-refractivity contribution in [2.24, 2.45) is 0 Å². The van der Waals surface area contributed by atoms with Gasteiger partial charge in [-0.15, -0.1) is 11.3 Å². The largest absolute Gasteiger partial charge is 0.480 e. The summed E-state index contributed by atoms with van der Waals surface area (Å²) in [5.41, 5.74) is 0.167. The molecule has 0 fully saturated rings. The molecule has 0 bridgehead atoms. The van der Waals surface area contributed by atoms with Crippen molar-refractivity contribution in [1.29, 1.82) is 0 Å². The Balaban J connectivity index is 1.94. The van der Waals surface area contributed by atoms with Gasteiger partial charge in [-0.2, -0.15) is 0 Å². The van der Waals surface area contributed by atoms with Gasteiger partial charge < -0.3 is 15.7 Å². The van der Waals surface area contributed by atoms with E-state index in [1.54, 1.807) is 6.20 Å². The predicted molar refractivity (Wildman–Crippen MR) is 121 cm³/mol. The lowest BCUT2D eigenvalue weighted by molar-refractivity contribution is -0.139. The molecule has 0 aliphatic carbocycles. The van der Waals surface area contributed by atoms with E-state index in [1.165, 1.54) is 11.3 Å². The van der Waals surface area contributed by atoms with Crippen molar-refractivity contribution < 1.29 is 28.3 Å². The number of amides is 2. The Labute approximate surface area is 194 Å². The minimum atomic E-state index is -0.922. The Kier molecular flexibility index (Phi) is 10.3. The number of carbonyl (C=O) groups is 3. The van der Waals surface area contributed by atoms with Crippen molar-refractivity contribution in [2.45, 2.75) is 64.6 Å². The topological polar surface area (TPSA) is 120 Å². The smallest absolute Gasteiger partial charge is 0.320 e. The van der Waals surface area contributed by atoms with Gasteiger partial charge in [0.2, 0.25) is 11.8 Å². The van der Waals surface area contributed by atoms with Crippen molar-refractivity contribution in [2.75, 3.05) is 5.32 Å². The maximum absolute atomic E-state index is 13.3. The molecule has 33 heavy (non-hydrogen) atoms. The third-order valence-corrected chi connectivity index (χ3v) is 5.61. The van der Waals surface area contributed by atoms with Crippen molar-refractivity contribution >= 4 is 34.3 Å².